The highest BCUT2D eigenvalue weighted by atomic mass is 35.5. The quantitative estimate of drug-likeness (QED) is 0.281. The molecule has 0 aliphatic carbocycles. The van der Waals surface area contributed by atoms with Gasteiger partial charge in [0.1, 0.15) is 0 Å². The third kappa shape index (κ3) is 5.09. The van der Waals surface area contributed by atoms with Gasteiger partial charge in [0.25, 0.3) is 0 Å². The molecule has 34 heavy (non-hydrogen) atoms. The van der Waals surface area contributed by atoms with Gasteiger partial charge in [0, 0.05) is 26.2 Å². The number of ether oxygens (including phenoxy) is 2. The molecule has 6 rings (SSSR count). The molecule has 0 aromatic carbocycles. The van der Waals surface area contributed by atoms with Crippen LogP contribution in [0.25, 0.3) is 20.4 Å². The average Bonchev–Trinajstić information content (AvgIpc) is 3.51. The monoisotopic (exact) mass is 538 g/mol. The van der Waals surface area contributed by atoms with Gasteiger partial charge in [-0.05, 0) is 40.7 Å². The molecule has 4 aromatic rings. The maximum Gasteiger partial charge on any atom is 0.224 e. The summed E-state index contributed by atoms with van der Waals surface area (Å²) in [5.41, 5.74) is 1.65. The Bertz CT molecular complexity index is 1300. The van der Waals surface area contributed by atoms with Crippen molar-refractivity contribution in [1.82, 2.24) is 19.9 Å². The second-order valence-corrected chi connectivity index (χ2v) is 10.1. The lowest BCUT2D eigenvalue weighted by Crippen LogP contribution is -2.36. The maximum atomic E-state index is 10.8. The lowest BCUT2D eigenvalue weighted by molar-refractivity contribution is 0.112. The van der Waals surface area contributed by atoms with Crippen LogP contribution in [-0.4, -0.2) is 78.8 Å². The van der Waals surface area contributed by atoms with Crippen LogP contribution in [-0.2, 0) is 9.47 Å². The van der Waals surface area contributed by atoms with Crippen LogP contribution in [0.15, 0.2) is 17.5 Å². The number of hydrogen-bond donors (Lipinski definition) is 0. The molecule has 0 bridgehead atoms. The zero-order chi connectivity index (χ0) is 23.5. The number of fused-ring (bicyclic) bond motifs is 2. The van der Waals surface area contributed by atoms with Crippen molar-refractivity contribution in [2.75, 3.05) is 62.4 Å². The number of morpholine rings is 2. The number of aldehydes is 1. The lowest BCUT2D eigenvalue weighted by atomic mass is 10.3. The smallest absolute Gasteiger partial charge is 0.224 e. The summed E-state index contributed by atoms with van der Waals surface area (Å²) >= 11 is 14.9. The van der Waals surface area contributed by atoms with Gasteiger partial charge < -0.3 is 19.3 Å². The Hall–Kier alpha value is -2.15. The number of carbonyl (C=O) groups is 1. The van der Waals surface area contributed by atoms with E-state index in [1.165, 1.54) is 11.3 Å². The molecule has 0 amide bonds. The highest BCUT2D eigenvalue weighted by Crippen LogP contribution is 2.33. The first-order valence-electron chi connectivity index (χ1n) is 10.6. The largest absolute Gasteiger partial charge is 0.378 e. The predicted octanol–water partition coefficient (Wildman–Crippen LogP) is 4.18. The number of anilines is 2. The molecule has 2 fully saturated rings. The fourth-order valence-electron chi connectivity index (χ4n) is 3.76. The van der Waals surface area contributed by atoms with Crippen molar-refractivity contribution in [3.05, 3.63) is 33.0 Å². The lowest BCUT2D eigenvalue weighted by Gasteiger charge is -2.28. The van der Waals surface area contributed by atoms with Gasteiger partial charge in [-0.15, -0.1) is 22.7 Å². The molecule has 0 radical (unpaired) electrons. The standard InChI is InChI=1S/C11H10ClN3O2S.C10H10ClN3OS/c12-11-13-8-5-7(6-16)18-9(8)10(14-11)15-1-3-17-4-2-15;11-10-12-7-1-6-16-8(7)9(13-10)14-2-4-15-5-3-14/h5-6H,1-4H2;1,6H,2-5H2. The van der Waals surface area contributed by atoms with E-state index in [4.69, 9.17) is 32.7 Å². The molecule has 0 saturated carbocycles. The van der Waals surface area contributed by atoms with E-state index in [1.807, 2.05) is 11.4 Å². The van der Waals surface area contributed by atoms with E-state index >= 15 is 0 Å². The number of halogens is 2. The van der Waals surface area contributed by atoms with Gasteiger partial charge in [-0.3, -0.25) is 4.79 Å². The third-order valence-electron chi connectivity index (χ3n) is 5.34. The van der Waals surface area contributed by atoms with Crippen molar-refractivity contribution in [2.45, 2.75) is 0 Å². The Morgan fingerprint density at radius 2 is 1.38 bits per heavy atom. The van der Waals surface area contributed by atoms with Gasteiger partial charge in [0.2, 0.25) is 10.6 Å². The van der Waals surface area contributed by atoms with Crippen molar-refractivity contribution in [3.63, 3.8) is 0 Å². The zero-order valence-electron chi connectivity index (χ0n) is 17.9. The summed E-state index contributed by atoms with van der Waals surface area (Å²) in [5, 5.41) is 2.53. The summed E-state index contributed by atoms with van der Waals surface area (Å²) in [4.78, 5) is 32.8. The Kier molecular flexibility index (Phi) is 7.37. The summed E-state index contributed by atoms with van der Waals surface area (Å²) in [5.74, 6) is 1.74. The highest BCUT2D eigenvalue weighted by Gasteiger charge is 2.19. The highest BCUT2D eigenvalue weighted by molar-refractivity contribution is 7.21. The molecule has 4 aromatic heterocycles. The average molecular weight is 539 g/mol. The van der Waals surface area contributed by atoms with E-state index in [0.717, 1.165) is 77.7 Å². The number of hydrogen-bond acceptors (Lipinski definition) is 11. The van der Waals surface area contributed by atoms with Gasteiger partial charge in [0.05, 0.1) is 51.7 Å². The van der Waals surface area contributed by atoms with E-state index < -0.39 is 0 Å². The van der Waals surface area contributed by atoms with E-state index in [9.17, 15) is 4.79 Å². The minimum absolute atomic E-state index is 0.208. The minimum Gasteiger partial charge on any atom is -0.378 e. The SMILES string of the molecule is Clc1nc(N2CCOCC2)c2sccc2n1.O=Cc1cc2nc(Cl)nc(N3CCOCC3)c2s1. The van der Waals surface area contributed by atoms with Gasteiger partial charge in [-0.2, -0.15) is 9.97 Å². The molecule has 0 atom stereocenters. The number of aromatic nitrogens is 4. The molecule has 2 aliphatic rings. The number of rotatable bonds is 3. The van der Waals surface area contributed by atoms with Crippen LogP contribution >= 0.6 is 45.9 Å². The molecule has 9 nitrogen and oxygen atoms in total. The van der Waals surface area contributed by atoms with E-state index in [1.54, 1.807) is 17.4 Å². The summed E-state index contributed by atoms with van der Waals surface area (Å²) < 4.78 is 12.7. The number of carbonyl (C=O) groups excluding carboxylic acids is 1. The second-order valence-electron chi connectivity index (χ2n) is 7.45. The van der Waals surface area contributed by atoms with Crippen molar-refractivity contribution < 1.29 is 14.3 Å². The molecule has 0 N–H and O–H groups in total. The van der Waals surface area contributed by atoms with Crippen LogP contribution in [0.2, 0.25) is 10.6 Å². The summed E-state index contributed by atoms with van der Waals surface area (Å²) in [6.45, 7) is 6.11. The van der Waals surface area contributed by atoms with Gasteiger partial charge in [-0.1, -0.05) is 0 Å². The first-order chi connectivity index (χ1) is 16.6. The fourth-order valence-corrected chi connectivity index (χ4v) is 5.88. The molecule has 13 heteroatoms. The Morgan fingerprint density at radius 1 is 0.824 bits per heavy atom. The molecule has 178 valence electrons. The van der Waals surface area contributed by atoms with Crippen LogP contribution < -0.4 is 9.80 Å². The van der Waals surface area contributed by atoms with Crippen LogP contribution in [0.1, 0.15) is 9.67 Å². The van der Waals surface area contributed by atoms with Gasteiger partial charge >= 0.3 is 0 Å². The Morgan fingerprint density at radius 3 is 1.97 bits per heavy atom. The number of thiophene rings is 2. The predicted molar refractivity (Wildman–Crippen MR) is 136 cm³/mol. The minimum atomic E-state index is 0.208. The van der Waals surface area contributed by atoms with Crippen LogP contribution in [0.4, 0.5) is 11.6 Å². The normalized spacial score (nSPS) is 16.5. The van der Waals surface area contributed by atoms with Crippen molar-refractivity contribution >= 4 is 84.2 Å². The van der Waals surface area contributed by atoms with E-state index in [2.05, 4.69) is 29.7 Å². The van der Waals surface area contributed by atoms with Gasteiger partial charge in [-0.25, -0.2) is 9.97 Å². The van der Waals surface area contributed by atoms with Crippen molar-refractivity contribution in [2.24, 2.45) is 0 Å². The molecule has 2 aliphatic heterocycles. The summed E-state index contributed by atoms with van der Waals surface area (Å²) in [6, 6.07) is 3.71. The fraction of sp³-hybridized carbons (Fsp3) is 0.381. The van der Waals surface area contributed by atoms with Crippen LogP contribution in [0.5, 0.6) is 0 Å². The second kappa shape index (κ2) is 10.6. The molecule has 0 unspecified atom stereocenters. The first kappa shape index (κ1) is 23.6. The van der Waals surface area contributed by atoms with Crippen LogP contribution in [0, 0.1) is 0 Å². The molecule has 6 heterocycles. The summed E-state index contributed by atoms with van der Waals surface area (Å²) in [6.07, 6.45) is 0.823. The number of nitrogens with zero attached hydrogens (tertiary/aromatic N) is 6. The summed E-state index contributed by atoms with van der Waals surface area (Å²) in [7, 11) is 0. The zero-order valence-corrected chi connectivity index (χ0v) is 21.1. The topological polar surface area (TPSA) is 93.6 Å². The van der Waals surface area contributed by atoms with Crippen LogP contribution in [0.3, 0.4) is 0 Å². The molecule has 0 spiro atoms. The Balaban J connectivity index is 0.000000142. The van der Waals surface area contributed by atoms with E-state index in [0.29, 0.717) is 23.4 Å². The van der Waals surface area contributed by atoms with Crippen molar-refractivity contribution in [1.29, 1.82) is 0 Å². The molecular weight excluding hydrogens is 519 g/mol. The third-order valence-corrected chi connectivity index (χ3v) is 7.62. The van der Waals surface area contributed by atoms with E-state index in [-0.39, 0.29) is 5.28 Å². The van der Waals surface area contributed by atoms with Gasteiger partial charge in [0.15, 0.2) is 17.9 Å². The maximum absolute atomic E-state index is 10.8. The Labute approximate surface area is 213 Å². The first-order valence-corrected chi connectivity index (χ1v) is 13.1. The molecule has 2 saturated heterocycles. The van der Waals surface area contributed by atoms with Crippen molar-refractivity contribution in [3.8, 4) is 0 Å². The molecular formula is C21H20Cl2N6O3S2.